The summed E-state index contributed by atoms with van der Waals surface area (Å²) in [5.41, 5.74) is 3.20. The number of rotatable bonds is 6. The Bertz CT molecular complexity index is 944. The average Bonchev–Trinajstić information content (AvgIpc) is 2.84. The van der Waals surface area contributed by atoms with Crippen molar-refractivity contribution in [3.63, 3.8) is 0 Å². The molecule has 0 saturated heterocycles. The van der Waals surface area contributed by atoms with Crippen LogP contribution < -0.4 is 9.47 Å². The number of hydrogen-bond donors (Lipinski definition) is 0. The molecule has 0 fully saturated rings. The van der Waals surface area contributed by atoms with Crippen LogP contribution in [0.15, 0.2) is 41.6 Å². The maximum absolute atomic E-state index is 6.41. The maximum atomic E-state index is 6.41. The van der Waals surface area contributed by atoms with E-state index in [-0.39, 0.29) is 0 Å². The molecule has 1 aromatic heterocycles. The lowest BCUT2D eigenvalue weighted by Crippen LogP contribution is -2.05. The topological polar surface area (TPSA) is 45.5 Å². The maximum Gasteiger partial charge on any atom is 0.179 e. The number of halogens is 1. The van der Waals surface area contributed by atoms with E-state index in [2.05, 4.69) is 10.6 Å². The van der Waals surface area contributed by atoms with Crippen LogP contribution in [0.2, 0.25) is 5.02 Å². The molecule has 3 aromatic rings. The molecule has 0 unspecified atom stereocenters. The molecule has 0 N–H and O–H groups in total. The highest BCUT2D eigenvalue weighted by Crippen LogP contribution is 2.39. The standard InChI is InChI=1S/C20H21ClN2O3S/c1-24-10-7-23-17-6-3-2-5-16(17)22-20(23)27-13-14-11-15(21)19-18(12-14)25-8-4-9-26-19/h2-3,5-6,11-12H,4,7-10,13H2,1H3. The van der Waals surface area contributed by atoms with E-state index in [0.717, 1.165) is 46.2 Å². The smallest absolute Gasteiger partial charge is 0.179 e. The van der Waals surface area contributed by atoms with Crippen molar-refractivity contribution in [3.05, 3.63) is 47.0 Å². The first-order valence-corrected chi connectivity index (χ1v) is 10.3. The van der Waals surface area contributed by atoms with Gasteiger partial charge in [0, 0.05) is 25.8 Å². The van der Waals surface area contributed by atoms with Crippen molar-refractivity contribution in [1.82, 2.24) is 9.55 Å². The molecule has 1 aliphatic heterocycles. The summed E-state index contributed by atoms with van der Waals surface area (Å²) in [6.07, 6.45) is 0.860. The Morgan fingerprint density at radius 3 is 2.96 bits per heavy atom. The summed E-state index contributed by atoms with van der Waals surface area (Å²) in [7, 11) is 1.71. The summed E-state index contributed by atoms with van der Waals surface area (Å²) in [5.74, 6) is 2.12. The van der Waals surface area contributed by atoms with E-state index in [0.29, 0.717) is 30.6 Å². The van der Waals surface area contributed by atoms with Crippen molar-refractivity contribution in [2.24, 2.45) is 0 Å². The molecule has 27 heavy (non-hydrogen) atoms. The van der Waals surface area contributed by atoms with Crippen molar-refractivity contribution in [2.75, 3.05) is 26.9 Å². The summed E-state index contributed by atoms with van der Waals surface area (Å²) < 4.78 is 19.0. The molecule has 0 bridgehead atoms. The zero-order chi connectivity index (χ0) is 18.6. The lowest BCUT2D eigenvalue weighted by Gasteiger charge is -2.12. The molecular weight excluding hydrogens is 384 g/mol. The molecule has 0 spiro atoms. The van der Waals surface area contributed by atoms with Gasteiger partial charge in [0.25, 0.3) is 0 Å². The van der Waals surface area contributed by atoms with Gasteiger partial charge in [-0.15, -0.1) is 0 Å². The first kappa shape index (κ1) is 18.5. The molecule has 2 aromatic carbocycles. The van der Waals surface area contributed by atoms with Crippen LogP contribution >= 0.6 is 23.4 Å². The minimum atomic E-state index is 0.595. The van der Waals surface area contributed by atoms with Crippen LogP contribution in [0.4, 0.5) is 0 Å². The number of aromatic nitrogens is 2. The van der Waals surface area contributed by atoms with Gasteiger partial charge in [-0.2, -0.15) is 0 Å². The van der Waals surface area contributed by atoms with E-state index >= 15 is 0 Å². The fourth-order valence-electron chi connectivity index (χ4n) is 3.08. The third-order valence-corrected chi connectivity index (χ3v) is 5.70. The van der Waals surface area contributed by atoms with Gasteiger partial charge in [-0.3, -0.25) is 0 Å². The Morgan fingerprint density at radius 1 is 1.22 bits per heavy atom. The van der Waals surface area contributed by atoms with Crippen LogP contribution in [0.1, 0.15) is 12.0 Å². The molecule has 4 rings (SSSR count). The van der Waals surface area contributed by atoms with Gasteiger partial charge in [0.05, 0.1) is 35.9 Å². The minimum absolute atomic E-state index is 0.595. The van der Waals surface area contributed by atoms with E-state index < -0.39 is 0 Å². The van der Waals surface area contributed by atoms with E-state index in [1.807, 2.05) is 30.3 Å². The summed E-state index contributed by atoms with van der Waals surface area (Å²) in [5, 5.41) is 1.56. The second kappa shape index (κ2) is 8.42. The fraction of sp³-hybridized carbons (Fsp3) is 0.350. The minimum Gasteiger partial charge on any atom is -0.489 e. The van der Waals surface area contributed by atoms with Crippen molar-refractivity contribution in [1.29, 1.82) is 0 Å². The molecule has 2 heterocycles. The molecule has 0 aliphatic carbocycles. The number of nitrogens with zero attached hydrogens (tertiary/aromatic N) is 2. The average molecular weight is 405 g/mol. The number of hydrogen-bond acceptors (Lipinski definition) is 5. The van der Waals surface area contributed by atoms with E-state index in [1.54, 1.807) is 18.9 Å². The Balaban J connectivity index is 1.58. The molecule has 0 radical (unpaired) electrons. The highest BCUT2D eigenvalue weighted by molar-refractivity contribution is 7.98. The second-order valence-corrected chi connectivity index (χ2v) is 7.62. The largest absolute Gasteiger partial charge is 0.489 e. The molecule has 5 nitrogen and oxygen atoms in total. The number of thioether (sulfide) groups is 1. The number of fused-ring (bicyclic) bond motifs is 2. The lowest BCUT2D eigenvalue weighted by molar-refractivity contribution is 0.186. The molecule has 1 aliphatic rings. The fourth-order valence-corrected chi connectivity index (χ4v) is 4.34. The lowest BCUT2D eigenvalue weighted by atomic mass is 10.2. The Labute approximate surface area is 167 Å². The summed E-state index contributed by atoms with van der Waals surface area (Å²) >= 11 is 8.10. The van der Waals surface area contributed by atoms with Gasteiger partial charge in [0.15, 0.2) is 16.7 Å². The van der Waals surface area contributed by atoms with E-state index in [9.17, 15) is 0 Å². The van der Waals surface area contributed by atoms with Crippen molar-refractivity contribution < 1.29 is 14.2 Å². The predicted octanol–water partition coefficient (Wildman–Crippen LogP) is 4.79. The van der Waals surface area contributed by atoms with Crippen LogP contribution in [0.5, 0.6) is 11.5 Å². The second-order valence-electron chi connectivity index (χ2n) is 6.27. The summed E-state index contributed by atoms with van der Waals surface area (Å²) in [6.45, 7) is 2.68. The zero-order valence-electron chi connectivity index (χ0n) is 15.1. The number of imidazole rings is 1. The molecule has 0 amide bonds. The number of benzene rings is 2. The van der Waals surface area contributed by atoms with Gasteiger partial charge in [0.1, 0.15) is 0 Å². The Hall–Kier alpha value is -1.89. The first-order valence-electron chi connectivity index (χ1n) is 8.91. The monoisotopic (exact) mass is 404 g/mol. The van der Waals surface area contributed by atoms with Gasteiger partial charge in [-0.1, -0.05) is 35.5 Å². The normalized spacial score (nSPS) is 13.7. The number of methoxy groups -OCH3 is 1. The zero-order valence-corrected chi connectivity index (χ0v) is 16.7. The summed E-state index contributed by atoms with van der Waals surface area (Å²) in [6, 6.07) is 12.1. The van der Waals surface area contributed by atoms with E-state index in [1.165, 1.54) is 0 Å². The van der Waals surface area contributed by atoms with Crippen molar-refractivity contribution in [3.8, 4) is 11.5 Å². The van der Waals surface area contributed by atoms with Gasteiger partial charge in [-0.25, -0.2) is 4.98 Å². The van der Waals surface area contributed by atoms with Crippen LogP contribution in [-0.2, 0) is 17.0 Å². The van der Waals surface area contributed by atoms with Gasteiger partial charge >= 0.3 is 0 Å². The Morgan fingerprint density at radius 2 is 2.07 bits per heavy atom. The van der Waals surface area contributed by atoms with Crippen LogP contribution in [0.3, 0.4) is 0 Å². The molecule has 142 valence electrons. The SMILES string of the molecule is COCCn1c(SCc2cc(Cl)c3c(c2)OCCCO3)nc2ccccc21. The van der Waals surface area contributed by atoms with Crippen LogP contribution in [0.25, 0.3) is 11.0 Å². The molecule has 0 saturated carbocycles. The quantitative estimate of drug-likeness (QED) is 0.553. The van der Waals surface area contributed by atoms with Crippen LogP contribution in [-0.4, -0.2) is 36.5 Å². The molecular formula is C20H21ClN2O3S. The van der Waals surface area contributed by atoms with Gasteiger partial charge in [-0.05, 0) is 29.8 Å². The predicted molar refractivity (Wildman–Crippen MR) is 108 cm³/mol. The first-order chi connectivity index (χ1) is 13.3. The van der Waals surface area contributed by atoms with Crippen molar-refractivity contribution in [2.45, 2.75) is 23.9 Å². The highest BCUT2D eigenvalue weighted by atomic mass is 35.5. The Kier molecular flexibility index (Phi) is 5.76. The highest BCUT2D eigenvalue weighted by Gasteiger charge is 2.17. The third-order valence-electron chi connectivity index (χ3n) is 4.37. The number of ether oxygens (including phenoxy) is 3. The molecule has 7 heteroatoms. The van der Waals surface area contributed by atoms with Crippen molar-refractivity contribution >= 4 is 34.4 Å². The molecule has 0 atom stereocenters. The number of para-hydroxylation sites is 2. The van der Waals surface area contributed by atoms with Crippen LogP contribution in [0, 0.1) is 0 Å². The third kappa shape index (κ3) is 4.03. The van der Waals surface area contributed by atoms with Gasteiger partial charge in [0.2, 0.25) is 0 Å². The van der Waals surface area contributed by atoms with E-state index in [4.69, 9.17) is 30.8 Å². The summed E-state index contributed by atoms with van der Waals surface area (Å²) in [4.78, 5) is 4.79. The van der Waals surface area contributed by atoms with Gasteiger partial charge < -0.3 is 18.8 Å².